The molecule has 0 bridgehead atoms. The third-order valence-corrected chi connectivity index (χ3v) is 4.01. The molecule has 21 heavy (non-hydrogen) atoms. The van der Waals surface area contributed by atoms with E-state index in [2.05, 4.69) is 17.6 Å². The molecule has 2 heterocycles. The fourth-order valence-corrected chi connectivity index (χ4v) is 2.79. The summed E-state index contributed by atoms with van der Waals surface area (Å²) in [7, 11) is 1.57. The van der Waals surface area contributed by atoms with Crippen molar-refractivity contribution in [3.63, 3.8) is 0 Å². The molecule has 2 N–H and O–H groups in total. The maximum atomic E-state index is 12.8. The van der Waals surface area contributed by atoms with E-state index in [1.165, 1.54) is 0 Å². The maximum Gasteiger partial charge on any atom is 0.244 e. The van der Waals surface area contributed by atoms with Crippen LogP contribution in [-0.2, 0) is 19.1 Å². The Labute approximate surface area is 125 Å². The normalized spacial score (nSPS) is 29.4. The van der Waals surface area contributed by atoms with Gasteiger partial charge in [0, 0.05) is 19.6 Å². The SMILES string of the molecule is CCCNC1COCC1C(=O)N1CCOCC1C(=O)NC. The number of likely N-dealkylation sites (N-methyl/N-ethyl adjacent to an activating group) is 1. The summed E-state index contributed by atoms with van der Waals surface area (Å²) in [5.41, 5.74) is 0. The lowest BCUT2D eigenvalue weighted by molar-refractivity contribution is -0.151. The van der Waals surface area contributed by atoms with Crippen molar-refractivity contribution >= 4 is 11.8 Å². The van der Waals surface area contributed by atoms with Crippen LogP contribution < -0.4 is 10.6 Å². The molecule has 0 spiro atoms. The van der Waals surface area contributed by atoms with Crippen LogP contribution in [0.15, 0.2) is 0 Å². The van der Waals surface area contributed by atoms with E-state index in [-0.39, 0.29) is 30.4 Å². The first-order valence-electron chi connectivity index (χ1n) is 7.60. The van der Waals surface area contributed by atoms with Gasteiger partial charge in [0.15, 0.2) is 0 Å². The van der Waals surface area contributed by atoms with Gasteiger partial charge in [-0.05, 0) is 13.0 Å². The summed E-state index contributed by atoms with van der Waals surface area (Å²) in [5, 5.41) is 5.95. The first-order valence-corrected chi connectivity index (χ1v) is 7.60. The molecule has 120 valence electrons. The number of morpholine rings is 1. The quantitative estimate of drug-likeness (QED) is 0.679. The van der Waals surface area contributed by atoms with Crippen molar-refractivity contribution in [3.05, 3.63) is 0 Å². The van der Waals surface area contributed by atoms with Crippen LogP contribution in [0.3, 0.4) is 0 Å². The van der Waals surface area contributed by atoms with Crippen molar-refractivity contribution < 1.29 is 19.1 Å². The van der Waals surface area contributed by atoms with Crippen molar-refractivity contribution in [2.75, 3.05) is 46.6 Å². The summed E-state index contributed by atoms with van der Waals surface area (Å²) in [4.78, 5) is 26.3. The largest absolute Gasteiger partial charge is 0.379 e. The van der Waals surface area contributed by atoms with Crippen LogP contribution >= 0.6 is 0 Å². The number of carbonyl (C=O) groups is 2. The van der Waals surface area contributed by atoms with Crippen molar-refractivity contribution in [1.82, 2.24) is 15.5 Å². The van der Waals surface area contributed by atoms with Crippen LogP contribution in [0.5, 0.6) is 0 Å². The lowest BCUT2D eigenvalue weighted by atomic mass is 10.00. The zero-order valence-corrected chi connectivity index (χ0v) is 12.8. The molecular formula is C14H25N3O4. The van der Waals surface area contributed by atoms with Crippen LogP contribution in [0.4, 0.5) is 0 Å². The van der Waals surface area contributed by atoms with Gasteiger partial charge in [-0.25, -0.2) is 0 Å². The highest BCUT2D eigenvalue weighted by atomic mass is 16.5. The molecule has 7 nitrogen and oxygen atoms in total. The second-order valence-corrected chi connectivity index (χ2v) is 5.44. The molecule has 2 rings (SSSR count). The molecule has 3 unspecified atom stereocenters. The zero-order chi connectivity index (χ0) is 15.2. The Morgan fingerprint density at radius 3 is 2.76 bits per heavy atom. The predicted molar refractivity (Wildman–Crippen MR) is 76.8 cm³/mol. The third-order valence-electron chi connectivity index (χ3n) is 4.01. The maximum absolute atomic E-state index is 12.8. The molecule has 0 aromatic heterocycles. The fraction of sp³-hybridized carbons (Fsp3) is 0.857. The van der Waals surface area contributed by atoms with Gasteiger partial charge in [-0.2, -0.15) is 0 Å². The van der Waals surface area contributed by atoms with Gasteiger partial charge in [0.25, 0.3) is 0 Å². The van der Waals surface area contributed by atoms with Crippen LogP contribution in [-0.4, -0.2) is 75.4 Å². The molecule has 0 aromatic rings. The fourth-order valence-electron chi connectivity index (χ4n) is 2.79. The molecule has 2 saturated heterocycles. The molecule has 3 atom stereocenters. The van der Waals surface area contributed by atoms with E-state index in [0.29, 0.717) is 26.4 Å². The van der Waals surface area contributed by atoms with Crippen LogP contribution in [0, 0.1) is 5.92 Å². The third kappa shape index (κ3) is 3.72. The Balaban J connectivity index is 2.03. The first-order chi connectivity index (χ1) is 10.2. The van der Waals surface area contributed by atoms with Gasteiger partial charge < -0.3 is 25.0 Å². The Morgan fingerprint density at radius 2 is 2.05 bits per heavy atom. The van der Waals surface area contributed by atoms with Gasteiger partial charge in [0.1, 0.15) is 6.04 Å². The van der Waals surface area contributed by atoms with Gasteiger partial charge in [-0.15, -0.1) is 0 Å². The lowest BCUT2D eigenvalue weighted by Crippen LogP contribution is -2.58. The molecule has 0 aliphatic carbocycles. The predicted octanol–water partition coefficient (Wildman–Crippen LogP) is -1.03. The Kier molecular flexibility index (Phi) is 5.96. The summed E-state index contributed by atoms with van der Waals surface area (Å²) in [5.74, 6) is -0.417. The molecule has 2 amide bonds. The van der Waals surface area contributed by atoms with Gasteiger partial charge in [-0.1, -0.05) is 6.92 Å². The van der Waals surface area contributed by atoms with E-state index < -0.39 is 6.04 Å². The van der Waals surface area contributed by atoms with Crippen molar-refractivity contribution in [2.24, 2.45) is 5.92 Å². The van der Waals surface area contributed by atoms with Gasteiger partial charge in [0.05, 0.1) is 32.3 Å². The molecular weight excluding hydrogens is 274 g/mol. The second-order valence-electron chi connectivity index (χ2n) is 5.44. The smallest absolute Gasteiger partial charge is 0.244 e. The Bertz CT molecular complexity index is 377. The minimum atomic E-state index is -0.538. The number of nitrogens with one attached hydrogen (secondary N) is 2. The Morgan fingerprint density at radius 1 is 1.24 bits per heavy atom. The lowest BCUT2D eigenvalue weighted by Gasteiger charge is -2.36. The average Bonchev–Trinajstić information content (AvgIpc) is 2.99. The van der Waals surface area contributed by atoms with Crippen molar-refractivity contribution in [3.8, 4) is 0 Å². The molecule has 2 fully saturated rings. The molecule has 0 aromatic carbocycles. The number of carbonyl (C=O) groups excluding carboxylic acids is 2. The number of amides is 2. The minimum Gasteiger partial charge on any atom is -0.379 e. The van der Waals surface area contributed by atoms with Crippen molar-refractivity contribution in [1.29, 1.82) is 0 Å². The van der Waals surface area contributed by atoms with Crippen LogP contribution in [0.25, 0.3) is 0 Å². The minimum absolute atomic E-state index is 0.0157. The average molecular weight is 299 g/mol. The highest BCUT2D eigenvalue weighted by molar-refractivity contribution is 5.89. The van der Waals surface area contributed by atoms with Crippen LogP contribution in [0.1, 0.15) is 13.3 Å². The first kappa shape index (κ1) is 16.2. The van der Waals surface area contributed by atoms with E-state index in [9.17, 15) is 9.59 Å². The summed E-state index contributed by atoms with van der Waals surface area (Å²) in [6, 6.07) is -0.505. The van der Waals surface area contributed by atoms with E-state index >= 15 is 0 Å². The summed E-state index contributed by atoms with van der Waals surface area (Å²) < 4.78 is 10.8. The van der Waals surface area contributed by atoms with E-state index in [4.69, 9.17) is 9.47 Å². The molecule has 2 aliphatic heterocycles. The standard InChI is InChI=1S/C14H25N3O4/c1-3-4-16-11-8-21-7-10(11)14(19)17-5-6-20-9-12(17)13(18)15-2/h10-12,16H,3-9H2,1-2H3,(H,15,18). The summed E-state index contributed by atoms with van der Waals surface area (Å²) in [6.45, 7) is 5.09. The highest BCUT2D eigenvalue weighted by Gasteiger charge is 2.41. The second kappa shape index (κ2) is 7.72. The molecule has 0 saturated carbocycles. The van der Waals surface area contributed by atoms with Gasteiger partial charge >= 0.3 is 0 Å². The van der Waals surface area contributed by atoms with E-state index in [1.807, 2.05) is 0 Å². The number of ether oxygens (including phenoxy) is 2. The summed E-state index contributed by atoms with van der Waals surface area (Å²) in [6.07, 6.45) is 1.01. The topological polar surface area (TPSA) is 79.9 Å². The van der Waals surface area contributed by atoms with Gasteiger partial charge in [0.2, 0.25) is 11.8 Å². The number of nitrogens with zero attached hydrogens (tertiary/aromatic N) is 1. The monoisotopic (exact) mass is 299 g/mol. The number of hydrogen-bond donors (Lipinski definition) is 2. The number of rotatable bonds is 5. The van der Waals surface area contributed by atoms with Gasteiger partial charge in [-0.3, -0.25) is 9.59 Å². The molecule has 7 heteroatoms. The summed E-state index contributed by atoms with van der Waals surface area (Å²) >= 11 is 0. The highest BCUT2D eigenvalue weighted by Crippen LogP contribution is 2.20. The zero-order valence-electron chi connectivity index (χ0n) is 12.8. The van der Waals surface area contributed by atoms with E-state index in [0.717, 1.165) is 13.0 Å². The van der Waals surface area contributed by atoms with E-state index in [1.54, 1.807) is 11.9 Å². The number of hydrogen-bond acceptors (Lipinski definition) is 5. The van der Waals surface area contributed by atoms with Crippen LogP contribution in [0.2, 0.25) is 0 Å². The molecule has 2 aliphatic rings. The Hall–Kier alpha value is -1.18. The van der Waals surface area contributed by atoms with Crippen molar-refractivity contribution in [2.45, 2.75) is 25.4 Å². The molecule has 0 radical (unpaired) electrons.